The molecule has 0 radical (unpaired) electrons. The van der Waals surface area contributed by atoms with E-state index >= 15 is 0 Å². The quantitative estimate of drug-likeness (QED) is 0.840. The van der Waals surface area contributed by atoms with Gasteiger partial charge in [0.1, 0.15) is 0 Å². The lowest BCUT2D eigenvalue weighted by atomic mass is 10.1. The molecule has 0 aliphatic rings. The summed E-state index contributed by atoms with van der Waals surface area (Å²) in [6.45, 7) is 3.07. The Morgan fingerprint density at radius 1 is 1.08 bits per heavy atom. The van der Waals surface area contributed by atoms with Gasteiger partial charge in [-0.25, -0.2) is 4.79 Å². The van der Waals surface area contributed by atoms with Gasteiger partial charge in [0.05, 0.1) is 11.1 Å². The van der Waals surface area contributed by atoms with E-state index in [4.69, 9.17) is 4.74 Å². The molecular formula is C18H16F3NO3. The van der Waals surface area contributed by atoms with Crippen molar-refractivity contribution < 1.29 is 27.5 Å². The largest absolute Gasteiger partial charge is 0.449 e. The second kappa shape index (κ2) is 7.38. The Hall–Kier alpha value is -2.83. The fourth-order valence-corrected chi connectivity index (χ4v) is 2.10. The van der Waals surface area contributed by atoms with Gasteiger partial charge in [-0.3, -0.25) is 4.79 Å². The number of benzene rings is 2. The van der Waals surface area contributed by atoms with Gasteiger partial charge in [0.15, 0.2) is 6.10 Å². The zero-order valence-corrected chi connectivity index (χ0v) is 13.6. The highest BCUT2D eigenvalue weighted by Gasteiger charge is 2.30. The minimum Gasteiger partial charge on any atom is -0.449 e. The topological polar surface area (TPSA) is 55.4 Å². The number of ether oxygens (including phenoxy) is 1. The summed E-state index contributed by atoms with van der Waals surface area (Å²) in [7, 11) is 0. The molecule has 0 heterocycles. The van der Waals surface area contributed by atoms with Gasteiger partial charge in [0.2, 0.25) is 0 Å². The van der Waals surface area contributed by atoms with Crippen molar-refractivity contribution in [3.05, 3.63) is 65.2 Å². The Kier molecular flexibility index (Phi) is 5.46. The van der Waals surface area contributed by atoms with E-state index in [1.165, 1.54) is 19.1 Å². The van der Waals surface area contributed by atoms with Crippen LogP contribution in [0.3, 0.4) is 0 Å². The molecule has 1 N–H and O–H groups in total. The molecule has 7 heteroatoms. The molecule has 4 nitrogen and oxygen atoms in total. The van der Waals surface area contributed by atoms with Gasteiger partial charge in [-0.15, -0.1) is 0 Å². The van der Waals surface area contributed by atoms with Crippen LogP contribution in [-0.4, -0.2) is 18.0 Å². The van der Waals surface area contributed by atoms with E-state index in [1.807, 2.05) is 0 Å². The molecule has 0 spiro atoms. The Labute approximate surface area is 142 Å². The number of rotatable bonds is 4. The number of hydrogen-bond acceptors (Lipinski definition) is 3. The molecule has 2 rings (SSSR count). The Morgan fingerprint density at radius 3 is 2.40 bits per heavy atom. The summed E-state index contributed by atoms with van der Waals surface area (Å²) in [5.41, 5.74) is 0.104. The summed E-state index contributed by atoms with van der Waals surface area (Å²) in [5, 5.41) is 2.31. The lowest BCUT2D eigenvalue weighted by Crippen LogP contribution is -2.30. The van der Waals surface area contributed by atoms with E-state index in [1.54, 1.807) is 31.2 Å². The number of aryl methyl sites for hydroxylation is 1. The summed E-state index contributed by atoms with van der Waals surface area (Å²) in [5.74, 6) is -1.40. The Morgan fingerprint density at radius 2 is 1.76 bits per heavy atom. The highest BCUT2D eigenvalue weighted by atomic mass is 19.4. The van der Waals surface area contributed by atoms with Crippen molar-refractivity contribution in [3.8, 4) is 0 Å². The summed E-state index contributed by atoms with van der Waals surface area (Å²) < 4.78 is 43.1. The molecule has 0 unspecified atom stereocenters. The number of carbonyl (C=O) groups is 2. The first kappa shape index (κ1) is 18.5. The molecule has 0 saturated heterocycles. The zero-order valence-electron chi connectivity index (χ0n) is 13.6. The number of esters is 1. The molecule has 1 amide bonds. The summed E-state index contributed by atoms with van der Waals surface area (Å²) in [6, 6.07) is 10.9. The number of anilines is 1. The van der Waals surface area contributed by atoms with Crippen molar-refractivity contribution in [2.75, 3.05) is 5.32 Å². The first-order valence-electron chi connectivity index (χ1n) is 7.43. The van der Waals surface area contributed by atoms with Crippen LogP contribution in [0.4, 0.5) is 18.9 Å². The molecule has 2 aromatic rings. The molecule has 0 aliphatic carbocycles. The molecule has 0 aromatic heterocycles. The smallest absolute Gasteiger partial charge is 0.416 e. The fraction of sp³-hybridized carbons (Fsp3) is 0.222. The number of halogens is 3. The van der Waals surface area contributed by atoms with E-state index in [-0.39, 0.29) is 5.69 Å². The van der Waals surface area contributed by atoms with Gasteiger partial charge in [-0.1, -0.05) is 24.3 Å². The van der Waals surface area contributed by atoms with E-state index < -0.39 is 29.7 Å². The number of carbonyl (C=O) groups excluding carboxylic acids is 2. The standard InChI is InChI=1S/C18H16F3NO3/c1-11-6-3-4-9-15(11)17(24)25-12(2)16(23)22-14-8-5-7-13(10-14)18(19,20)21/h3-10,12H,1-2H3,(H,22,23)/t12-/m0/s1. The SMILES string of the molecule is Cc1ccccc1C(=O)O[C@@H](C)C(=O)Nc1cccc(C(F)(F)F)c1. The minimum absolute atomic E-state index is 0.0291. The number of alkyl halides is 3. The lowest BCUT2D eigenvalue weighted by molar-refractivity contribution is -0.137. The van der Waals surface area contributed by atoms with Crippen molar-refractivity contribution in [1.82, 2.24) is 0 Å². The molecule has 0 fully saturated rings. The lowest BCUT2D eigenvalue weighted by Gasteiger charge is -2.15. The average molecular weight is 351 g/mol. The second-order valence-electron chi connectivity index (χ2n) is 5.43. The van der Waals surface area contributed by atoms with Crippen LogP contribution in [0.2, 0.25) is 0 Å². The highest BCUT2D eigenvalue weighted by Crippen LogP contribution is 2.30. The van der Waals surface area contributed by atoms with Crippen molar-refractivity contribution in [3.63, 3.8) is 0 Å². The third kappa shape index (κ3) is 4.82. The second-order valence-corrected chi connectivity index (χ2v) is 5.43. The first-order chi connectivity index (χ1) is 11.7. The van der Waals surface area contributed by atoms with E-state index in [9.17, 15) is 22.8 Å². The molecule has 0 bridgehead atoms. The van der Waals surface area contributed by atoms with Crippen LogP contribution in [0.5, 0.6) is 0 Å². The van der Waals surface area contributed by atoms with Crippen LogP contribution in [-0.2, 0) is 15.7 Å². The summed E-state index contributed by atoms with van der Waals surface area (Å²) >= 11 is 0. The Bertz CT molecular complexity index is 787. The van der Waals surface area contributed by atoms with Crippen molar-refractivity contribution in [2.24, 2.45) is 0 Å². The van der Waals surface area contributed by atoms with Crippen LogP contribution in [0.1, 0.15) is 28.4 Å². The van der Waals surface area contributed by atoms with Gasteiger partial charge in [-0.05, 0) is 43.7 Å². The van der Waals surface area contributed by atoms with Crippen molar-refractivity contribution >= 4 is 17.6 Å². The maximum atomic E-state index is 12.7. The van der Waals surface area contributed by atoms with Crippen molar-refractivity contribution in [1.29, 1.82) is 0 Å². The highest BCUT2D eigenvalue weighted by molar-refractivity contribution is 5.97. The van der Waals surface area contributed by atoms with E-state index in [2.05, 4.69) is 5.32 Å². The third-order valence-corrected chi connectivity index (χ3v) is 3.48. The number of amides is 1. The van der Waals surface area contributed by atoms with Gasteiger partial charge < -0.3 is 10.1 Å². The molecule has 2 aromatic carbocycles. The van der Waals surface area contributed by atoms with E-state index in [0.29, 0.717) is 11.1 Å². The molecule has 1 atom stereocenters. The monoisotopic (exact) mass is 351 g/mol. The van der Waals surface area contributed by atoms with Gasteiger partial charge >= 0.3 is 12.1 Å². The predicted molar refractivity (Wildman–Crippen MR) is 86.1 cm³/mol. The molecule has 0 saturated carbocycles. The maximum Gasteiger partial charge on any atom is 0.416 e. The number of nitrogens with one attached hydrogen (secondary N) is 1. The van der Waals surface area contributed by atoms with Crippen LogP contribution < -0.4 is 5.32 Å². The average Bonchev–Trinajstić information content (AvgIpc) is 2.54. The van der Waals surface area contributed by atoms with Crippen LogP contribution >= 0.6 is 0 Å². The summed E-state index contributed by atoms with van der Waals surface area (Å²) in [6.07, 6.45) is -5.68. The maximum absolute atomic E-state index is 12.7. The number of hydrogen-bond donors (Lipinski definition) is 1. The van der Waals surface area contributed by atoms with Crippen molar-refractivity contribution in [2.45, 2.75) is 26.1 Å². The first-order valence-corrected chi connectivity index (χ1v) is 7.43. The zero-order chi connectivity index (χ0) is 18.6. The van der Waals surface area contributed by atoms with Crippen LogP contribution in [0, 0.1) is 6.92 Å². The van der Waals surface area contributed by atoms with E-state index in [0.717, 1.165) is 12.1 Å². The minimum atomic E-state index is -4.51. The molecular weight excluding hydrogens is 335 g/mol. The molecule has 0 aliphatic heterocycles. The molecule has 132 valence electrons. The fourth-order valence-electron chi connectivity index (χ4n) is 2.10. The molecule has 25 heavy (non-hydrogen) atoms. The normalized spacial score (nSPS) is 12.4. The summed E-state index contributed by atoms with van der Waals surface area (Å²) in [4.78, 5) is 24.1. The van der Waals surface area contributed by atoms with Crippen LogP contribution in [0.15, 0.2) is 48.5 Å². The Balaban J connectivity index is 2.04. The van der Waals surface area contributed by atoms with Gasteiger partial charge in [0, 0.05) is 5.69 Å². The van der Waals surface area contributed by atoms with Gasteiger partial charge in [-0.2, -0.15) is 13.2 Å². The van der Waals surface area contributed by atoms with Gasteiger partial charge in [0.25, 0.3) is 5.91 Å². The third-order valence-electron chi connectivity index (χ3n) is 3.48. The van der Waals surface area contributed by atoms with Crippen LogP contribution in [0.25, 0.3) is 0 Å². The predicted octanol–water partition coefficient (Wildman–Crippen LogP) is 4.20.